The van der Waals surface area contributed by atoms with Crippen molar-refractivity contribution >= 4 is 0 Å². The highest BCUT2D eigenvalue weighted by molar-refractivity contribution is 5.00. The maximum absolute atomic E-state index is 4.09. The van der Waals surface area contributed by atoms with E-state index in [0.29, 0.717) is 0 Å². The first-order chi connectivity index (χ1) is 8.11. The SMILES string of the molecule is C=C(CNC)CN1CCN(CCN(C)C)CC1. The zero-order valence-electron chi connectivity index (χ0n) is 11.7. The Morgan fingerprint density at radius 2 is 1.76 bits per heavy atom. The van der Waals surface area contributed by atoms with Crippen LogP contribution in [0.2, 0.25) is 0 Å². The lowest BCUT2D eigenvalue weighted by molar-refractivity contribution is 0.132. The molecule has 1 fully saturated rings. The molecule has 0 unspecified atom stereocenters. The molecule has 0 saturated carbocycles. The number of hydrogen-bond donors (Lipinski definition) is 1. The van der Waals surface area contributed by atoms with E-state index in [-0.39, 0.29) is 0 Å². The Morgan fingerprint density at radius 1 is 1.18 bits per heavy atom. The second-order valence-electron chi connectivity index (χ2n) is 5.20. The highest BCUT2D eigenvalue weighted by Crippen LogP contribution is 2.03. The van der Waals surface area contributed by atoms with Gasteiger partial charge in [0.2, 0.25) is 0 Å². The Balaban J connectivity index is 2.15. The lowest BCUT2D eigenvalue weighted by Gasteiger charge is -2.35. The zero-order valence-corrected chi connectivity index (χ0v) is 11.7. The van der Waals surface area contributed by atoms with Gasteiger partial charge < -0.3 is 10.2 Å². The van der Waals surface area contributed by atoms with Crippen LogP contribution < -0.4 is 5.32 Å². The molecule has 0 radical (unpaired) electrons. The summed E-state index contributed by atoms with van der Waals surface area (Å²) >= 11 is 0. The predicted molar refractivity (Wildman–Crippen MR) is 74.5 cm³/mol. The van der Waals surface area contributed by atoms with Crippen molar-refractivity contribution < 1.29 is 0 Å². The van der Waals surface area contributed by atoms with Crippen LogP contribution in [0.4, 0.5) is 0 Å². The van der Waals surface area contributed by atoms with Crippen molar-refractivity contribution in [2.75, 3.05) is 73.5 Å². The van der Waals surface area contributed by atoms with Gasteiger partial charge in [-0.05, 0) is 26.7 Å². The summed E-state index contributed by atoms with van der Waals surface area (Å²) in [6.07, 6.45) is 0. The van der Waals surface area contributed by atoms with E-state index in [1.165, 1.54) is 38.3 Å². The van der Waals surface area contributed by atoms with Crippen LogP contribution in [0.1, 0.15) is 0 Å². The van der Waals surface area contributed by atoms with Crippen molar-refractivity contribution in [2.24, 2.45) is 0 Å². The largest absolute Gasteiger partial charge is 0.316 e. The number of rotatable bonds is 7. The van der Waals surface area contributed by atoms with Crippen LogP contribution in [-0.2, 0) is 0 Å². The van der Waals surface area contributed by atoms with Crippen LogP contribution in [0, 0.1) is 0 Å². The van der Waals surface area contributed by atoms with Crippen molar-refractivity contribution in [1.82, 2.24) is 20.0 Å². The number of nitrogens with zero attached hydrogens (tertiary/aromatic N) is 3. The summed E-state index contributed by atoms with van der Waals surface area (Å²) in [5.74, 6) is 0. The van der Waals surface area contributed by atoms with Crippen LogP contribution in [0.15, 0.2) is 12.2 Å². The molecule has 0 amide bonds. The van der Waals surface area contributed by atoms with E-state index in [1.54, 1.807) is 0 Å². The van der Waals surface area contributed by atoms with Gasteiger partial charge in [-0.25, -0.2) is 0 Å². The summed E-state index contributed by atoms with van der Waals surface area (Å²) in [5, 5.41) is 3.16. The maximum atomic E-state index is 4.09. The summed E-state index contributed by atoms with van der Waals surface area (Å²) in [6.45, 7) is 13.2. The fourth-order valence-corrected chi connectivity index (χ4v) is 2.13. The Morgan fingerprint density at radius 3 is 2.29 bits per heavy atom. The van der Waals surface area contributed by atoms with Gasteiger partial charge in [-0.3, -0.25) is 9.80 Å². The molecule has 0 aromatic carbocycles. The Kier molecular flexibility index (Phi) is 6.73. The molecule has 1 rings (SSSR count). The minimum absolute atomic E-state index is 0.931. The van der Waals surface area contributed by atoms with Gasteiger partial charge in [0.05, 0.1) is 0 Å². The van der Waals surface area contributed by atoms with E-state index in [2.05, 4.69) is 40.7 Å². The fraction of sp³-hybridized carbons (Fsp3) is 0.846. The molecular formula is C13H28N4. The standard InChI is InChI=1S/C13H28N4/c1-13(11-14-2)12-17-9-7-16(8-10-17)6-5-15(3)4/h14H,1,5-12H2,2-4H3. The second kappa shape index (κ2) is 7.82. The van der Waals surface area contributed by atoms with Gasteiger partial charge in [0.25, 0.3) is 0 Å². The topological polar surface area (TPSA) is 21.8 Å². The van der Waals surface area contributed by atoms with Crippen molar-refractivity contribution in [3.63, 3.8) is 0 Å². The summed E-state index contributed by atoms with van der Waals surface area (Å²) < 4.78 is 0. The van der Waals surface area contributed by atoms with Gasteiger partial charge in [-0.1, -0.05) is 6.58 Å². The highest BCUT2D eigenvalue weighted by atomic mass is 15.3. The van der Waals surface area contributed by atoms with Crippen LogP contribution in [-0.4, -0.2) is 88.2 Å². The monoisotopic (exact) mass is 240 g/mol. The lowest BCUT2D eigenvalue weighted by Crippen LogP contribution is -2.48. The van der Waals surface area contributed by atoms with Gasteiger partial charge in [-0.2, -0.15) is 0 Å². The zero-order chi connectivity index (χ0) is 12.7. The third-order valence-electron chi connectivity index (χ3n) is 3.20. The van der Waals surface area contributed by atoms with Gasteiger partial charge in [0, 0.05) is 52.4 Å². The van der Waals surface area contributed by atoms with E-state index < -0.39 is 0 Å². The van der Waals surface area contributed by atoms with Gasteiger partial charge >= 0.3 is 0 Å². The molecule has 4 heteroatoms. The molecule has 0 spiro atoms. The first-order valence-electron chi connectivity index (χ1n) is 6.52. The van der Waals surface area contributed by atoms with Gasteiger partial charge in [0.15, 0.2) is 0 Å². The van der Waals surface area contributed by atoms with Crippen molar-refractivity contribution in [3.8, 4) is 0 Å². The number of hydrogen-bond acceptors (Lipinski definition) is 4. The number of piperazine rings is 1. The molecule has 0 bridgehead atoms. The van der Waals surface area contributed by atoms with Crippen molar-refractivity contribution in [3.05, 3.63) is 12.2 Å². The molecule has 0 atom stereocenters. The van der Waals surface area contributed by atoms with Crippen LogP contribution in [0.3, 0.4) is 0 Å². The average Bonchev–Trinajstić information content (AvgIpc) is 2.28. The first kappa shape index (κ1) is 14.6. The highest BCUT2D eigenvalue weighted by Gasteiger charge is 2.16. The van der Waals surface area contributed by atoms with Crippen molar-refractivity contribution in [2.45, 2.75) is 0 Å². The minimum Gasteiger partial charge on any atom is -0.316 e. The molecule has 4 nitrogen and oxygen atoms in total. The smallest absolute Gasteiger partial charge is 0.0203 e. The summed E-state index contributed by atoms with van der Waals surface area (Å²) in [4.78, 5) is 7.31. The summed E-state index contributed by atoms with van der Waals surface area (Å²) in [7, 11) is 6.25. The van der Waals surface area contributed by atoms with Crippen LogP contribution in [0.25, 0.3) is 0 Å². The molecule has 1 aliphatic rings. The number of likely N-dealkylation sites (N-methyl/N-ethyl adjacent to an activating group) is 2. The number of nitrogens with one attached hydrogen (secondary N) is 1. The van der Waals surface area contributed by atoms with Gasteiger partial charge in [0.1, 0.15) is 0 Å². The second-order valence-corrected chi connectivity index (χ2v) is 5.20. The van der Waals surface area contributed by atoms with E-state index >= 15 is 0 Å². The molecule has 1 saturated heterocycles. The molecule has 0 aliphatic carbocycles. The molecule has 17 heavy (non-hydrogen) atoms. The summed E-state index contributed by atoms with van der Waals surface area (Å²) in [5.41, 5.74) is 1.29. The normalized spacial score (nSPS) is 18.8. The summed E-state index contributed by atoms with van der Waals surface area (Å²) in [6, 6.07) is 0. The van der Waals surface area contributed by atoms with E-state index in [0.717, 1.165) is 19.6 Å². The van der Waals surface area contributed by atoms with E-state index in [4.69, 9.17) is 0 Å². The molecule has 0 aromatic heterocycles. The van der Waals surface area contributed by atoms with E-state index in [9.17, 15) is 0 Å². The fourth-order valence-electron chi connectivity index (χ4n) is 2.13. The molecule has 0 aromatic rings. The molecular weight excluding hydrogens is 212 g/mol. The Bertz CT molecular complexity index is 219. The first-order valence-corrected chi connectivity index (χ1v) is 6.52. The van der Waals surface area contributed by atoms with Crippen molar-refractivity contribution in [1.29, 1.82) is 0 Å². The van der Waals surface area contributed by atoms with E-state index in [1.807, 2.05) is 7.05 Å². The Hall–Kier alpha value is -0.420. The quantitative estimate of drug-likeness (QED) is 0.629. The maximum Gasteiger partial charge on any atom is 0.0203 e. The van der Waals surface area contributed by atoms with Gasteiger partial charge in [-0.15, -0.1) is 0 Å². The minimum atomic E-state index is 0.931. The third kappa shape index (κ3) is 6.17. The molecule has 1 aliphatic heterocycles. The molecule has 1 N–H and O–H groups in total. The third-order valence-corrected chi connectivity index (χ3v) is 3.20. The lowest BCUT2D eigenvalue weighted by atomic mass is 10.2. The molecule has 100 valence electrons. The van der Waals surface area contributed by atoms with Crippen LogP contribution >= 0.6 is 0 Å². The van der Waals surface area contributed by atoms with Crippen LogP contribution in [0.5, 0.6) is 0 Å². The predicted octanol–water partition coefficient (Wildman–Crippen LogP) is -0.0588. The Labute approximate surface area is 106 Å². The average molecular weight is 240 g/mol. The molecule has 1 heterocycles.